The average Bonchev–Trinajstić information content (AvgIpc) is 2.40. The molecule has 0 aliphatic heterocycles. The van der Waals surface area contributed by atoms with Crippen LogP contribution in [0.25, 0.3) is 0 Å². The lowest BCUT2D eigenvalue weighted by Crippen LogP contribution is -2.46. The monoisotopic (exact) mass is 330 g/mol. The summed E-state index contributed by atoms with van der Waals surface area (Å²) in [6.45, 7) is 7.62. The third kappa shape index (κ3) is 4.61. The maximum absolute atomic E-state index is 12.3. The maximum atomic E-state index is 12.3. The predicted molar refractivity (Wildman–Crippen MR) is 86.7 cm³/mol. The standard InChI is InChI=1S/C15H20Cl2N2O2/c1-9(2)8-18-13(20)15(3,4)14(21)19-11-7-5-6-10(16)12(11)17/h5-7,9H,8H2,1-4H3,(H,18,20)(H,19,21). The third-order valence-corrected chi connectivity index (χ3v) is 3.82. The smallest absolute Gasteiger partial charge is 0.239 e. The van der Waals surface area contributed by atoms with Crippen LogP contribution in [-0.4, -0.2) is 18.4 Å². The number of benzene rings is 1. The van der Waals surface area contributed by atoms with Crippen LogP contribution in [0.2, 0.25) is 10.0 Å². The van der Waals surface area contributed by atoms with Crippen molar-refractivity contribution in [1.82, 2.24) is 5.32 Å². The molecule has 1 aromatic carbocycles. The molecule has 0 spiro atoms. The summed E-state index contributed by atoms with van der Waals surface area (Å²) in [5.74, 6) is -0.449. The molecule has 6 heteroatoms. The fraction of sp³-hybridized carbons (Fsp3) is 0.467. The van der Waals surface area contributed by atoms with Crippen LogP contribution in [0.1, 0.15) is 27.7 Å². The molecule has 0 aliphatic rings. The molecule has 2 amide bonds. The molecular formula is C15H20Cl2N2O2. The number of anilines is 1. The summed E-state index contributed by atoms with van der Waals surface area (Å²) in [7, 11) is 0. The van der Waals surface area contributed by atoms with Gasteiger partial charge in [0.2, 0.25) is 11.8 Å². The van der Waals surface area contributed by atoms with Gasteiger partial charge < -0.3 is 10.6 Å². The quantitative estimate of drug-likeness (QED) is 0.808. The first-order valence-corrected chi connectivity index (χ1v) is 7.45. The zero-order valence-electron chi connectivity index (χ0n) is 12.6. The van der Waals surface area contributed by atoms with Gasteiger partial charge in [-0.25, -0.2) is 0 Å². The summed E-state index contributed by atoms with van der Waals surface area (Å²) in [4.78, 5) is 24.4. The van der Waals surface area contributed by atoms with Crippen LogP contribution >= 0.6 is 23.2 Å². The third-order valence-electron chi connectivity index (χ3n) is 3.01. The minimum absolute atomic E-state index is 0.255. The lowest BCUT2D eigenvalue weighted by Gasteiger charge is -2.23. The Labute approximate surface area is 135 Å². The van der Waals surface area contributed by atoms with Crippen LogP contribution in [0.5, 0.6) is 0 Å². The number of nitrogens with one attached hydrogen (secondary N) is 2. The van der Waals surface area contributed by atoms with E-state index in [1.807, 2.05) is 13.8 Å². The highest BCUT2D eigenvalue weighted by molar-refractivity contribution is 6.44. The van der Waals surface area contributed by atoms with Crippen molar-refractivity contribution < 1.29 is 9.59 Å². The van der Waals surface area contributed by atoms with Crippen LogP contribution in [0.3, 0.4) is 0 Å². The molecular weight excluding hydrogens is 311 g/mol. The van der Waals surface area contributed by atoms with Crippen LogP contribution < -0.4 is 10.6 Å². The van der Waals surface area contributed by atoms with E-state index in [0.717, 1.165) is 0 Å². The van der Waals surface area contributed by atoms with Crippen molar-refractivity contribution >= 4 is 40.7 Å². The molecule has 0 atom stereocenters. The highest BCUT2D eigenvalue weighted by Gasteiger charge is 2.36. The first-order valence-electron chi connectivity index (χ1n) is 6.70. The number of hydrogen-bond donors (Lipinski definition) is 2. The van der Waals surface area contributed by atoms with Gasteiger partial charge in [-0.2, -0.15) is 0 Å². The van der Waals surface area contributed by atoms with E-state index in [2.05, 4.69) is 10.6 Å². The van der Waals surface area contributed by atoms with E-state index in [-0.39, 0.29) is 10.9 Å². The highest BCUT2D eigenvalue weighted by atomic mass is 35.5. The van der Waals surface area contributed by atoms with E-state index in [4.69, 9.17) is 23.2 Å². The topological polar surface area (TPSA) is 58.2 Å². The molecule has 0 aromatic heterocycles. The second-order valence-electron chi connectivity index (χ2n) is 5.78. The van der Waals surface area contributed by atoms with Gasteiger partial charge >= 0.3 is 0 Å². The van der Waals surface area contributed by atoms with Crippen molar-refractivity contribution in [3.8, 4) is 0 Å². The number of rotatable bonds is 5. The number of halogens is 2. The van der Waals surface area contributed by atoms with Gasteiger partial charge in [0.25, 0.3) is 0 Å². The second kappa shape index (κ2) is 7.14. The summed E-state index contributed by atoms with van der Waals surface area (Å²) in [5, 5.41) is 6.00. The fourth-order valence-corrected chi connectivity index (χ4v) is 1.85. The maximum Gasteiger partial charge on any atom is 0.239 e. The Balaban J connectivity index is 2.81. The Kier molecular flexibility index (Phi) is 6.05. The summed E-state index contributed by atoms with van der Waals surface area (Å²) < 4.78 is 0. The molecule has 116 valence electrons. The zero-order chi connectivity index (χ0) is 16.2. The van der Waals surface area contributed by atoms with Crippen molar-refractivity contribution in [2.75, 3.05) is 11.9 Å². The molecule has 1 aromatic rings. The van der Waals surface area contributed by atoms with Gasteiger partial charge in [-0.3, -0.25) is 9.59 Å². The van der Waals surface area contributed by atoms with Gasteiger partial charge in [-0.05, 0) is 31.9 Å². The lowest BCUT2D eigenvalue weighted by atomic mass is 9.90. The van der Waals surface area contributed by atoms with Crippen LogP contribution in [0.4, 0.5) is 5.69 Å². The number of hydrogen-bond acceptors (Lipinski definition) is 2. The van der Waals surface area contributed by atoms with Crippen LogP contribution in [0.15, 0.2) is 18.2 Å². The van der Waals surface area contributed by atoms with Crippen molar-refractivity contribution in [2.24, 2.45) is 11.3 Å². The van der Waals surface area contributed by atoms with Gasteiger partial charge in [-0.1, -0.05) is 43.1 Å². The van der Waals surface area contributed by atoms with E-state index in [1.165, 1.54) is 0 Å². The molecule has 0 bridgehead atoms. The van der Waals surface area contributed by atoms with Crippen molar-refractivity contribution in [3.05, 3.63) is 28.2 Å². The largest absolute Gasteiger partial charge is 0.355 e. The van der Waals surface area contributed by atoms with Crippen molar-refractivity contribution in [2.45, 2.75) is 27.7 Å². The highest BCUT2D eigenvalue weighted by Crippen LogP contribution is 2.30. The molecule has 1 rings (SSSR count). The molecule has 0 unspecified atom stereocenters. The summed E-state index contributed by atoms with van der Waals surface area (Å²) in [5.41, 5.74) is -0.820. The van der Waals surface area contributed by atoms with Gasteiger partial charge in [0.1, 0.15) is 5.41 Å². The van der Waals surface area contributed by atoms with Crippen LogP contribution in [0, 0.1) is 11.3 Å². The van der Waals surface area contributed by atoms with Crippen molar-refractivity contribution in [3.63, 3.8) is 0 Å². The van der Waals surface area contributed by atoms with Gasteiger partial charge in [0, 0.05) is 6.54 Å². The Morgan fingerprint density at radius 2 is 1.81 bits per heavy atom. The van der Waals surface area contributed by atoms with E-state index < -0.39 is 11.3 Å². The SMILES string of the molecule is CC(C)CNC(=O)C(C)(C)C(=O)Nc1cccc(Cl)c1Cl. The average molecular weight is 331 g/mol. The van der Waals surface area contributed by atoms with E-state index in [0.29, 0.717) is 23.2 Å². The first kappa shape index (κ1) is 17.8. The Hall–Kier alpha value is -1.26. The molecule has 0 aliphatic carbocycles. The lowest BCUT2D eigenvalue weighted by molar-refractivity contribution is -0.138. The first-order chi connectivity index (χ1) is 9.66. The molecule has 0 fully saturated rings. The molecule has 0 radical (unpaired) electrons. The number of amides is 2. The molecule has 0 saturated heterocycles. The van der Waals surface area contributed by atoms with Gasteiger partial charge in [0.05, 0.1) is 15.7 Å². The minimum Gasteiger partial charge on any atom is -0.355 e. The van der Waals surface area contributed by atoms with E-state index in [1.54, 1.807) is 32.0 Å². The zero-order valence-corrected chi connectivity index (χ0v) is 14.1. The summed E-state index contributed by atoms with van der Waals surface area (Å²) >= 11 is 11.9. The van der Waals surface area contributed by atoms with Crippen molar-refractivity contribution in [1.29, 1.82) is 0 Å². The minimum atomic E-state index is -1.21. The number of carbonyl (C=O) groups is 2. The second-order valence-corrected chi connectivity index (χ2v) is 6.57. The number of carbonyl (C=O) groups excluding carboxylic acids is 2. The molecule has 21 heavy (non-hydrogen) atoms. The summed E-state index contributed by atoms with van der Waals surface area (Å²) in [6.07, 6.45) is 0. The Morgan fingerprint density at radius 3 is 2.38 bits per heavy atom. The summed E-state index contributed by atoms with van der Waals surface area (Å²) in [6, 6.07) is 4.93. The Morgan fingerprint density at radius 1 is 1.19 bits per heavy atom. The molecule has 2 N–H and O–H groups in total. The van der Waals surface area contributed by atoms with E-state index in [9.17, 15) is 9.59 Å². The van der Waals surface area contributed by atoms with Gasteiger partial charge in [-0.15, -0.1) is 0 Å². The van der Waals surface area contributed by atoms with Crippen LogP contribution in [-0.2, 0) is 9.59 Å². The molecule has 0 saturated carbocycles. The van der Waals surface area contributed by atoms with E-state index >= 15 is 0 Å². The molecule has 0 heterocycles. The normalized spacial score (nSPS) is 11.4. The molecule has 4 nitrogen and oxygen atoms in total. The van der Waals surface area contributed by atoms with Gasteiger partial charge in [0.15, 0.2) is 0 Å². The predicted octanol–water partition coefficient (Wildman–Crippen LogP) is 3.73. The fourth-order valence-electron chi connectivity index (χ4n) is 1.50. The Bertz CT molecular complexity index is 542.